The number of nitrogens with zero attached hydrogens (tertiary/aromatic N) is 1. The summed E-state index contributed by atoms with van der Waals surface area (Å²) in [5.41, 5.74) is 0.661. The summed E-state index contributed by atoms with van der Waals surface area (Å²) in [6.07, 6.45) is 0. The molecule has 116 valence electrons. The quantitative estimate of drug-likeness (QED) is 0.874. The van der Waals surface area contributed by atoms with Crippen molar-refractivity contribution in [2.75, 3.05) is 7.11 Å². The SMILES string of the molecule is COc1ccccc1C(C(=O)O)N1C(=O)c2ccccc2C1=O. The van der Waals surface area contributed by atoms with E-state index in [9.17, 15) is 19.5 Å². The summed E-state index contributed by atoms with van der Waals surface area (Å²) in [4.78, 5) is 37.6. The second-order valence-electron chi connectivity index (χ2n) is 5.01. The number of imide groups is 1. The molecule has 0 saturated carbocycles. The van der Waals surface area contributed by atoms with Crippen LogP contribution in [0.4, 0.5) is 0 Å². The summed E-state index contributed by atoms with van der Waals surface area (Å²) < 4.78 is 5.17. The number of methoxy groups -OCH3 is 1. The number of para-hydroxylation sites is 1. The maximum Gasteiger partial charge on any atom is 0.331 e. The van der Waals surface area contributed by atoms with Gasteiger partial charge in [0.15, 0.2) is 6.04 Å². The van der Waals surface area contributed by atoms with Gasteiger partial charge in [0, 0.05) is 5.56 Å². The number of hydrogen-bond acceptors (Lipinski definition) is 4. The Morgan fingerprint density at radius 3 is 2.04 bits per heavy atom. The summed E-state index contributed by atoms with van der Waals surface area (Å²) in [5, 5.41) is 9.62. The maximum absolute atomic E-state index is 12.5. The molecule has 6 heteroatoms. The molecule has 0 aromatic heterocycles. The number of carbonyl (C=O) groups excluding carboxylic acids is 2. The van der Waals surface area contributed by atoms with Crippen molar-refractivity contribution in [1.29, 1.82) is 0 Å². The first-order chi connectivity index (χ1) is 11.1. The van der Waals surface area contributed by atoms with Gasteiger partial charge >= 0.3 is 5.97 Å². The fourth-order valence-electron chi connectivity index (χ4n) is 2.72. The number of amides is 2. The lowest BCUT2D eigenvalue weighted by atomic mass is 10.0. The standard InChI is InChI=1S/C17H13NO5/c1-23-13-9-5-4-8-12(13)14(17(21)22)18-15(19)10-6-2-3-7-11(10)16(18)20/h2-9,14H,1H3,(H,21,22). The molecule has 0 radical (unpaired) electrons. The highest BCUT2D eigenvalue weighted by molar-refractivity contribution is 6.22. The zero-order valence-corrected chi connectivity index (χ0v) is 12.2. The Kier molecular flexibility index (Phi) is 3.57. The first kappa shape index (κ1) is 14.8. The normalized spacial score (nSPS) is 14.6. The van der Waals surface area contributed by atoms with Crippen molar-refractivity contribution in [2.45, 2.75) is 6.04 Å². The molecule has 0 saturated heterocycles. The van der Waals surface area contributed by atoms with E-state index in [2.05, 4.69) is 0 Å². The van der Waals surface area contributed by atoms with E-state index in [1.165, 1.54) is 25.3 Å². The van der Waals surface area contributed by atoms with Gasteiger partial charge in [0.2, 0.25) is 0 Å². The Labute approximate surface area is 131 Å². The summed E-state index contributed by atoms with van der Waals surface area (Å²) in [5.74, 6) is -2.24. The molecule has 0 fully saturated rings. The molecule has 2 aromatic carbocycles. The van der Waals surface area contributed by atoms with Gasteiger partial charge < -0.3 is 9.84 Å². The lowest BCUT2D eigenvalue weighted by Gasteiger charge is -2.24. The summed E-state index contributed by atoms with van der Waals surface area (Å²) in [6, 6.07) is 11.3. The van der Waals surface area contributed by atoms with Crippen LogP contribution in [0.1, 0.15) is 32.3 Å². The van der Waals surface area contributed by atoms with Crippen molar-refractivity contribution in [3.05, 3.63) is 65.2 Å². The molecule has 1 atom stereocenters. The molecule has 23 heavy (non-hydrogen) atoms. The Bertz CT molecular complexity index is 779. The van der Waals surface area contributed by atoms with E-state index in [1.54, 1.807) is 30.3 Å². The molecule has 1 heterocycles. The average Bonchev–Trinajstić information content (AvgIpc) is 2.81. The minimum atomic E-state index is -1.45. The van der Waals surface area contributed by atoms with Crippen LogP contribution in [0, 0.1) is 0 Å². The number of carboxylic acids is 1. The minimum Gasteiger partial charge on any atom is -0.496 e. The van der Waals surface area contributed by atoms with Crippen molar-refractivity contribution in [3.63, 3.8) is 0 Å². The number of fused-ring (bicyclic) bond motifs is 1. The van der Waals surface area contributed by atoms with Gasteiger partial charge in [-0.25, -0.2) is 4.79 Å². The lowest BCUT2D eigenvalue weighted by Crippen LogP contribution is -2.38. The third-order valence-electron chi connectivity index (χ3n) is 3.75. The molecule has 0 spiro atoms. The monoisotopic (exact) mass is 311 g/mol. The molecule has 1 N–H and O–H groups in total. The van der Waals surface area contributed by atoms with E-state index in [0.717, 1.165) is 4.90 Å². The zero-order chi connectivity index (χ0) is 16.6. The number of carboxylic acid groups (broad SMARTS) is 1. The van der Waals surface area contributed by atoms with E-state index in [4.69, 9.17) is 4.74 Å². The van der Waals surface area contributed by atoms with E-state index in [0.29, 0.717) is 5.75 Å². The second kappa shape index (κ2) is 5.57. The van der Waals surface area contributed by atoms with Crippen molar-refractivity contribution in [3.8, 4) is 5.75 Å². The van der Waals surface area contributed by atoms with E-state index in [-0.39, 0.29) is 16.7 Å². The van der Waals surface area contributed by atoms with Crippen LogP contribution >= 0.6 is 0 Å². The Balaban J connectivity index is 2.13. The molecule has 6 nitrogen and oxygen atoms in total. The topological polar surface area (TPSA) is 83.9 Å². The molecule has 1 aliphatic heterocycles. The molecular weight excluding hydrogens is 298 g/mol. The van der Waals surface area contributed by atoms with Crippen LogP contribution in [0.2, 0.25) is 0 Å². The molecule has 1 unspecified atom stereocenters. The van der Waals surface area contributed by atoms with Crippen LogP contribution in [-0.4, -0.2) is 34.9 Å². The Hall–Kier alpha value is -3.15. The smallest absolute Gasteiger partial charge is 0.331 e. The van der Waals surface area contributed by atoms with Gasteiger partial charge in [-0.05, 0) is 18.2 Å². The molecule has 1 aliphatic rings. The van der Waals surface area contributed by atoms with Gasteiger partial charge in [-0.2, -0.15) is 0 Å². The molecule has 0 bridgehead atoms. The average molecular weight is 311 g/mol. The van der Waals surface area contributed by atoms with Crippen LogP contribution in [0.15, 0.2) is 48.5 Å². The second-order valence-corrected chi connectivity index (χ2v) is 5.01. The number of aliphatic carboxylic acids is 1. The Morgan fingerprint density at radius 1 is 1.00 bits per heavy atom. The van der Waals surface area contributed by atoms with E-state index < -0.39 is 23.8 Å². The zero-order valence-electron chi connectivity index (χ0n) is 12.2. The van der Waals surface area contributed by atoms with E-state index >= 15 is 0 Å². The number of benzene rings is 2. The van der Waals surface area contributed by atoms with Gasteiger partial charge in [-0.1, -0.05) is 30.3 Å². The Morgan fingerprint density at radius 2 is 1.52 bits per heavy atom. The van der Waals surface area contributed by atoms with Crippen LogP contribution in [0.3, 0.4) is 0 Å². The predicted octanol–water partition coefficient (Wildman–Crippen LogP) is 2.12. The molecule has 0 aliphatic carbocycles. The van der Waals surface area contributed by atoms with Crippen LogP contribution in [0.25, 0.3) is 0 Å². The maximum atomic E-state index is 12.5. The van der Waals surface area contributed by atoms with Crippen molar-refractivity contribution in [1.82, 2.24) is 4.90 Å². The fourth-order valence-corrected chi connectivity index (χ4v) is 2.72. The number of ether oxygens (including phenoxy) is 1. The van der Waals surface area contributed by atoms with Gasteiger partial charge in [0.05, 0.1) is 18.2 Å². The first-order valence-corrected chi connectivity index (χ1v) is 6.89. The van der Waals surface area contributed by atoms with Crippen molar-refractivity contribution in [2.24, 2.45) is 0 Å². The number of hydrogen-bond donors (Lipinski definition) is 1. The van der Waals surface area contributed by atoms with Crippen LogP contribution in [0.5, 0.6) is 5.75 Å². The lowest BCUT2D eigenvalue weighted by molar-refractivity contribution is -0.141. The molecule has 2 aromatic rings. The highest BCUT2D eigenvalue weighted by Gasteiger charge is 2.44. The van der Waals surface area contributed by atoms with Crippen molar-refractivity contribution < 1.29 is 24.2 Å². The summed E-state index contributed by atoms with van der Waals surface area (Å²) in [6.45, 7) is 0. The first-order valence-electron chi connectivity index (χ1n) is 6.89. The minimum absolute atomic E-state index is 0.207. The fraction of sp³-hybridized carbons (Fsp3) is 0.118. The van der Waals surface area contributed by atoms with Gasteiger partial charge in [-0.15, -0.1) is 0 Å². The van der Waals surface area contributed by atoms with Crippen LogP contribution in [-0.2, 0) is 4.79 Å². The third-order valence-corrected chi connectivity index (χ3v) is 3.75. The number of carbonyl (C=O) groups is 3. The third kappa shape index (κ3) is 2.24. The highest BCUT2D eigenvalue weighted by Crippen LogP contribution is 2.35. The van der Waals surface area contributed by atoms with Gasteiger partial charge in [0.1, 0.15) is 5.75 Å². The van der Waals surface area contributed by atoms with Crippen LogP contribution < -0.4 is 4.74 Å². The molecule has 3 rings (SSSR count). The summed E-state index contributed by atoms with van der Waals surface area (Å²) in [7, 11) is 1.40. The predicted molar refractivity (Wildman–Crippen MR) is 80.3 cm³/mol. The van der Waals surface area contributed by atoms with Gasteiger partial charge in [-0.3, -0.25) is 14.5 Å². The van der Waals surface area contributed by atoms with E-state index in [1.807, 2.05) is 0 Å². The summed E-state index contributed by atoms with van der Waals surface area (Å²) >= 11 is 0. The largest absolute Gasteiger partial charge is 0.496 e. The number of rotatable bonds is 4. The van der Waals surface area contributed by atoms with Crippen molar-refractivity contribution >= 4 is 17.8 Å². The highest BCUT2D eigenvalue weighted by atomic mass is 16.5. The molecule has 2 amide bonds. The van der Waals surface area contributed by atoms with Gasteiger partial charge in [0.25, 0.3) is 11.8 Å². The molecular formula is C17H13NO5.